The second-order valence-electron chi connectivity index (χ2n) is 1.82. The van der Waals surface area contributed by atoms with Crippen molar-refractivity contribution in [3.05, 3.63) is 0 Å². The molecular weight excluding hydrogens is 152 g/mol. The van der Waals surface area contributed by atoms with Gasteiger partial charge in [0.15, 0.2) is 0 Å². The summed E-state index contributed by atoms with van der Waals surface area (Å²) in [7, 11) is 0. The molecular formula is C6H14O3S. The highest BCUT2D eigenvalue weighted by atomic mass is 32.2. The van der Waals surface area contributed by atoms with Crippen LogP contribution in [0.15, 0.2) is 0 Å². The third kappa shape index (κ3) is 6.35. The van der Waals surface area contributed by atoms with Gasteiger partial charge in [-0.3, -0.25) is 0 Å². The molecule has 10 heavy (non-hydrogen) atoms. The highest BCUT2D eigenvalue weighted by Crippen LogP contribution is 2.02. The summed E-state index contributed by atoms with van der Waals surface area (Å²) in [5.41, 5.74) is 0. The lowest BCUT2D eigenvalue weighted by molar-refractivity contribution is 0.113. The Morgan fingerprint density at radius 2 is 2.30 bits per heavy atom. The van der Waals surface area contributed by atoms with Gasteiger partial charge in [-0.2, -0.15) is 0 Å². The largest absolute Gasteiger partial charge is 0.394 e. The average Bonchev–Trinajstić information content (AvgIpc) is 1.98. The van der Waals surface area contributed by atoms with E-state index in [9.17, 15) is 0 Å². The number of aliphatic hydroxyl groups excluding tert-OH is 2. The van der Waals surface area contributed by atoms with Gasteiger partial charge >= 0.3 is 0 Å². The Labute approximate surface area is 65.4 Å². The highest BCUT2D eigenvalue weighted by Gasteiger charge is 1.99. The summed E-state index contributed by atoms with van der Waals surface area (Å²) in [5.74, 6) is 1.13. The Kier molecular flexibility index (Phi) is 7.51. The van der Waals surface area contributed by atoms with Gasteiger partial charge in [0.25, 0.3) is 0 Å². The first-order valence-corrected chi connectivity index (χ1v) is 4.41. The van der Waals surface area contributed by atoms with Gasteiger partial charge in [0.2, 0.25) is 0 Å². The maximum Gasteiger partial charge on any atom is 0.0921 e. The average molecular weight is 166 g/mol. The maximum atomic E-state index is 8.83. The molecule has 62 valence electrons. The second-order valence-corrected chi connectivity index (χ2v) is 2.80. The van der Waals surface area contributed by atoms with Crippen molar-refractivity contribution in [3.8, 4) is 0 Å². The Morgan fingerprint density at radius 1 is 1.60 bits per heavy atom. The molecule has 0 aliphatic carbocycles. The first kappa shape index (κ1) is 10.2. The van der Waals surface area contributed by atoms with E-state index in [0.717, 1.165) is 0 Å². The molecule has 0 bridgehead atoms. The Hall–Kier alpha value is 0.230. The van der Waals surface area contributed by atoms with Gasteiger partial charge < -0.3 is 14.9 Å². The number of thioether (sulfide) groups is 1. The van der Waals surface area contributed by atoms with Gasteiger partial charge in [0, 0.05) is 12.4 Å². The number of hydrogen-bond acceptors (Lipinski definition) is 4. The molecule has 0 heterocycles. The van der Waals surface area contributed by atoms with Crippen LogP contribution in [-0.4, -0.2) is 41.2 Å². The van der Waals surface area contributed by atoms with Crippen LogP contribution < -0.4 is 0 Å². The summed E-state index contributed by atoms with van der Waals surface area (Å²) in [5, 5.41) is 17.2. The van der Waals surface area contributed by atoms with Crippen LogP contribution >= 0.6 is 11.8 Å². The van der Waals surface area contributed by atoms with Gasteiger partial charge in [0.1, 0.15) is 0 Å². The lowest BCUT2D eigenvalue weighted by Crippen LogP contribution is -2.15. The van der Waals surface area contributed by atoms with Crippen molar-refractivity contribution in [1.82, 2.24) is 0 Å². The Balaban J connectivity index is 2.89. The second kappa shape index (κ2) is 7.34. The normalized spacial score (nSPS) is 13.5. The molecule has 0 radical (unpaired) electrons. The Morgan fingerprint density at radius 3 is 2.80 bits per heavy atom. The molecule has 0 saturated carbocycles. The van der Waals surface area contributed by atoms with E-state index in [1.165, 1.54) is 11.8 Å². The molecule has 0 aromatic heterocycles. The zero-order chi connectivity index (χ0) is 7.82. The summed E-state index contributed by atoms with van der Waals surface area (Å²) in [6.07, 6.45) is -0.606. The standard InChI is InChI=1S/C6H14O3S/c1-2-9-5-10-4-6(8)3-7/h6-8H,2-5H2,1H3. The number of rotatable bonds is 6. The first-order valence-electron chi connectivity index (χ1n) is 3.25. The Bertz CT molecular complexity index is 70.0. The predicted octanol–water partition coefficient (Wildman–Crippen LogP) is 0.0668. The van der Waals surface area contributed by atoms with Crippen LogP contribution in [-0.2, 0) is 4.74 Å². The van der Waals surface area contributed by atoms with Gasteiger partial charge in [-0.25, -0.2) is 0 Å². The number of hydrogen-bond donors (Lipinski definition) is 2. The number of ether oxygens (including phenoxy) is 1. The summed E-state index contributed by atoms with van der Waals surface area (Å²) in [6, 6.07) is 0. The van der Waals surface area contributed by atoms with Gasteiger partial charge in [-0.15, -0.1) is 11.8 Å². The topological polar surface area (TPSA) is 49.7 Å². The zero-order valence-electron chi connectivity index (χ0n) is 6.12. The summed E-state index contributed by atoms with van der Waals surface area (Å²) in [4.78, 5) is 0. The van der Waals surface area contributed by atoms with E-state index in [4.69, 9.17) is 14.9 Å². The molecule has 2 N–H and O–H groups in total. The van der Waals surface area contributed by atoms with Crippen LogP contribution in [0, 0.1) is 0 Å². The van der Waals surface area contributed by atoms with E-state index in [0.29, 0.717) is 18.3 Å². The van der Waals surface area contributed by atoms with Crippen molar-refractivity contribution in [2.24, 2.45) is 0 Å². The monoisotopic (exact) mass is 166 g/mol. The lowest BCUT2D eigenvalue weighted by Gasteiger charge is -2.05. The zero-order valence-corrected chi connectivity index (χ0v) is 6.93. The molecule has 0 aromatic rings. The van der Waals surface area contributed by atoms with Crippen LogP contribution in [0.3, 0.4) is 0 Å². The fourth-order valence-corrected chi connectivity index (χ4v) is 1.14. The van der Waals surface area contributed by atoms with Gasteiger partial charge in [0.05, 0.1) is 18.6 Å². The minimum absolute atomic E-state index is 0.168. The smallest absolute Gasteiger partial charge is 0.0921 e. The first-order chi connectivity index (χ1) is 4.81. The fraction of sp³-hybridized carbons (Fsp3) is 1.00. The minimum Gasteiger partial charge on any atom is -0.394 e. The van der Waals surface area contributed by atoms with E-state index in [1.807, 2.05) is 6.92 Å². The summed E-state index contributed by atoms with van der Waals surface area (Å²) < 4.78 is 5.00. The molecule has 4 heteroatoms. The molecule has 0 fully saturated rings. The molecule has 0 aliphatic heterocycles. The van der Waals surface area contributed by atoms with Gasteiger partial charge in [-0.1, -0.05) is 0 Å². The number of aliphatic hydroxyl groups is 2. The van der Waals surface area contributed by atoms with Crippen molar-refractivity contribution in [2.75, 3.05) is 24.9 Å². The highest BCUT2D eigenvalue weighted by molar-refractivity contribution is 7.99. The SMILES string of the molecule is CCOCSCC(O)CO. The molecule has 3 nitrogen and oxygen atoms in total. The summed E-state index contributed by atoms with van der Waals surface area (Å²) in [6.45, 7) is 2.45. The molecule has 0 aliphatic rings. The van der Waals surface area contributed by atoms with E-state index in [2.05, 4.69) is 0 Å². The van der Waals surface area contributed by atoms with Gasteiger partial charge in [-0.05, 0) is 6.92 Å². The van der Waals surface area contributed by atoms with Crippen LogP contribution in [0.5, 0.6) is 0 Å². The predicted molar refractivity (Wildman–Crippen MR) is 42.0 cm³/mol. The van der Waals surface area contributed by atoms with E-state index < -0.39 is 6.10 Å². The van der Waals surface area contributed by atoms with Crippen molar-refractivity contribution < 1.29 is 14.9 Å². The molecule has 0 aromatic carbocycles. The maximum absolute atomic E-state index is 8.83. The van der Waals surface area contributed by atoms with Crippen LogP contribution in [0.1, 0.15) is 6.92 Å². The van der Waals surface area contributed by atoms with Crippen molar-refractivity contribution in [2.45, 2.75) is 13.0 Å². The van der Waals surface area contributed by atoms with Crippen LogP contribution in [0.2, 0.25) is 0 Å². The van der Waals surface area contributed by atoms with Crippen molar-refractivity contribution in [1.29, 1.82) is 0 Å². The molecule has 0 amide bonds. The minimum atomic E-state index is -0.606. The molecule has 0 spiro atoms. The molecule has 0 rings (SSSR count). The quantitative estimate of drug-likeness (QED) is 0.433. The van der Waals surface area contributed by atoms with Crippen LogP contribution in [0.25, 0.3) is 0 Å². The fourth-order valence-electron chi connectivity index (χ4n) is 0.379. The third-order valence-electron chi connectivity index (χ3n) is 0.892. The van der Waals surface area contributed by atoms with E-state index in [1.54, 1.807) is 0 Å². The van der Waals surface area contributed by atoms with Crippen molar-refractivity contribution in [3.63, 3.8) is 0 Å². The van der Waals surface area contributed by atoms with E-state index in [-0.39, 0.29) is 6.61 Å². The van der Waals surface area contributed by atoms with Crippen molar-refractivity contribution >= 4 is 11.8 Å². The molecule has 1 unspecified atom stereocenters. The van der Waals surface area contributed by atoms with Crippen LogP contribution in [0.4, 0.5) is 0 Å². The van der Waals surface area contributed by atoms with E-state index >= 15 is 0 Å². The molecule has 0 saturated heterocycles. The lowest BCUT2D eigenvalue weighted by atomic mass is 10.4. The third-order valence-corrected chi connectivity index (χ3v) is 1.85. The summed E-state index contributed by atoms with van der Waals surface area (Å²) >= 11 is 1.48. The molecule has 1 atom stereocenters.